The van der Waals surface area contributed by atoms with Gasteiger partial charge in [-0.25, -0.2) is 4.98 Å². The number of unbranched alkanes of at least 4 members (excludes halogenated alkanes) is 1. The number of nitrogens with one attached hydrogen (secondary N) is 1. The molecule has 4 heteroatoms. The first-order valence-electron chi connectivity index (χ1n) is 8.76. The fourth-order valence-electron chi connectivity index (χ4n) is 3.16. The van der Waals surface area contributed by atoms with E-state index < -0.39 is 0 Å². The van der Waals surface area contributed by atoms with Gasteiger partial charge in [0.2, 0.25) is 0 Å². The molecular weight excluding hydrogens is 278 g/mol. The minimum Gasteiger partial charge on any atom is -0.345 e. The zero-order valence-corrected chi connectivity index (χ0v) is 14.3. The van der Waals surface area contributed by atoms with Crippen molar-refractivity contribution in [1.82, 2.24) is 10.3 Å². The first-order valence-corrected chi connectivity index (χ1v) is 9.58. The summed E-state index contributed by atoms with van der Waals surface area (Å²) in [6.45, 7) is 7.96. The summed E-state index contributed by atoms with van der Waals surface area (Å²) in [5.74, 6) is 0.762. The molecule has 1 atom stereocenters. The predicted molar refractivity (Wildman–Crippen MR) is 91.4 cm³/mol. The lowest BCUT2D eigenvalue weighted by molar-refractivity contribution is 0.484. The SMILES string of the molecule is CCCCNCc1sc(N2CCCCC2C)nc1C1CC1. The number of piperidine rings is 1. The van der Waals surface area contributed by atoms with Crippen LogP contribution in [0, 0.1) is 0 Å². The van der Waals surface area contributed by atoms with Crippen LogP contribution in [0.25, 0.3) is 0 Å². The zero-order chi connectivity index (χ0) is 14.7. The van der Waals surface area contributed by atoms with Gasteiger partial charge in [-0.1, -0.05) is 13.3 Å². The molecule has 0 aromatic carbocycles. The molecule has 1 unspecified atom stereocenters. The summed E-state index contributed by atoms with van der Waals surface area (Å²) in [6.07, 6.45) is 9.26. The number of rotatable bonds is 7. The Morgan fingerprint density at radius 1 is 1.29 bits per heavy atom. The third kappa shape index (κ3) is 3.78. The van der Waals surface area contributed by atoms with Gasteiger partial charge < -0.3 is 10.2 Å². The monoisotopic (exact) mass is 307 g/mol. The van der Waals surface area contributed by atoms with Crippen LogP contribution in [0.15, 0.2) is 0 Å². The van der Waals surface area contributed by atoms with Crippen LogP contribution in [0.5, 0.6) is 0 Å². The minimum atomic E-state index is 0.665. The van der Waals surface area contributed by atoms with E-state index in [-0.39, 0.29) is 0 Å². The molecule has 1 aromatic heterocycles. The summed E-state index contributed by atoms with van der Waals surface area (Å²) in [5.41, 5.74) is 1.41. The Hall–Kier alpha value is -0.610. The van der Waals surface area contributed by atoms with Crippen LogP contribution in [-0.4, -0.2) is 24.1 Å². The second-order valence-electron chi connectivity index (χ2n) is 6.65. The van der Waals surface area contributed by atoms with Gasteiger partial charge in [0, 0.05) is 29.9 Å². The normalized spacial score (nSPS) is 22.8. The average Bonchev–Trinajstić information content (AvgIpc) is 3.25. The second-order valence-corrected chi connectivity index (χ2v) is 7.71. The van der Waals surface area contributed by atoms with Gasteiger partial charge in [-0.05, 0) is 52.0 Å². The Bertz CT molecular complexity index is 453. The van der Waals surface area contributed by atoms with Gasteiger partial charge in [0.15, 0.2) is 5.13 Å². The van der Waals surface area contributed by atoms with Crippen molar-refractivity contribution in [2.75, 3.05) is 18.0 Å². The third-order valence-corrected chi connectivity index (χ3v) is 5.83. The Labute approximate surface area is 133 Å². The summed E-state index contributed by atoms with van der Waals surface area (Å²) < 4.78 is 0. The lowest BCUT2D eigenvalue weighted by Crippen LogP contribution is -2.37. The molecule has 3 rings (SSSR count). The molecule has 0 spiro atoms. The van der Waals surface area contributed by atoms with Crippen LogP contribution >= 0.6 is 11.3 Å². The quantitative estimate of drug-likeness (QED) is 0.762. The largest absolute Gasteiger partial charge is 0.345 e. The van der Waals surface area contributed by atoms with E-state index in [1.807, 2.05) is 11.3 Å². The molecule has 2 heterocycles. The molecule has 1 aromatic rings. The highest BCUT2D eigenvalue weighted by Crippen LogP contribution is 2.44. The highest BCUT2D eigenvalue weighted by atomic mass is 32.1. The van der Waals surface area contributed by atoms with Gasteiger partial charge in [0.25, 0.3) is 0 Å². The predicted octanol–water partition coefficient (Wildman–Crippen LogP) is 4.29. The Morgan fingerprint density at radius 2 is 2.14 bits per heavy atom. The van der Waals surface area contributed by atoms with Gasteiger partial charge >= 0.3 is 0 Å². The molecule has 1 aliphatic carbocycles. The number of aromatic nitrogens is 1. The first kappa shape index (κ1) is 15.3. The van der Waals surface area contributed by atoms with Crippen molar-refractivity contribution >= 4 is 16.5 Å². The molecule has 0 radical (unpaired) electrons. The lowest BCUT2D eigenvalue weighted by Gasteiger charge is -2.33. The van der Waals surface area contributed by atoms with E-state index >= 15 is 0 Å². The van der Waals surface area contributed by atoms with Crippen molar-refractivity contribution in [2.24, 2.45) is 0 Å². The van der Waals surface area contributed by atoms with Crippen molar-refractivity contribution in [3.05, 3.63) is 10.6 Å². The van der Waals surface area contributed by atoms with Crippen molar-refractivity contribution in [3.63, 3.8) is 0 Å². The van der Waals surface area contributed by atoms with E-state index in [2.05, 4.69) is 24.1 Å². The molecule has 3 nitrogen and oxygen atoms in total. The Balaban J connectivity index is 1.69. The Morgan fingerprint density at radius 3 is 2.86 bits per heavy atom. The van der Waals surface area contributed by atoms with E-state index in [1.165, 1.54) is 67.2 Å². The Kier molecular flexibility index (Phi) is 5.17. The molecule has 2 aliphatic rings. The highest BCUT2D eigenvalue weighted by Gasteiger charge is 2.31. The van der Waals surface area contributed by atoms with Crippen molar-refractivity contribution in [2.45, 2.75) is 77.3 Å². The van der Waals surface area contributed by atoms with Gasteiger partial charge in [-0.2, -0.15) is 0 Å². The van der Waals surface area contributed by atoms with E-state index in [9.17, 15) is 0 Å². The molecule has 1 saturated carbocycles. The van der Waals surface area contributed by atoms with Crippen LogP contribution in [0.1, 0.15) is 75.3 Å². The maximum Gasteiger partial charge on any atom is 0.186 e. The maximum absolute atomic E-state index is 5.05. The number of nitrogens with zero attached hydrogens (tertiary/aromatic N) is 2. The fourth-order valence-corrected chi connectivity index (χ4v) is 4.41. The lowest BCUT2D eigenvalue weighted by atomic mass is 10.0. The second kappa shape index (κ2) is 7.10. The minimum absolute atomic E-state index is 0.665. The molecule has 2 fully saturated rings. The molecule has 1 saturated heterocycles. The summed E-state index contributed by atoms with van der Waals surface area (Å²) in [7, 11) is 0. The fraction of sp³-hybridized carbons (Fsp3) is 0.824. The van der Waals surface area contributed by atoms with Crippen LogP contribution in [0.2, 0.25) is 0 Å². The first-order chi connectivity index (χ1) is 10.3. The van der Waals surface area contributed by atoms with E-state index in [1.54, 1.807) is 0 Å². The topological polar surface area (TPSA) is 28.2 Å². The van der Waals surface area contributed by atoms with Gasteiger partial charge in [-0.15, -0.1) is 11.3 Å². The summed E-state index contributed by atoms with van der Waals surface area (Å²) in [5, 5.41) is 4.89. The smallest absolute Gasteiger partial charge is 0.186 e. The third-order valence-electron chi connectivity index (χ3n) is 4.72. The zero-order valence-electron chi connectivity index (χ0n) is 13.5. The number of hydrogen-bond acceptors (Lipinski definition) is 4. The standard InChI is InChI=1S/C17H29N3S/c1-3-4-10-18-12-15-16(14-8-9-14)19-17(21-15)20-11-6-5-7-13(20)2/h13-14,18H,3-12H2,1-2H3. The molecule has 21 heavy (non-hydrogen) atoms. The number of hydrogen-bond donors (Lipinski definition) is 1. The van der Waals surface area contributed by atoms with Crippen molar-refractivity contribution in [3.8, 4) is 0 Å². The van der Waals surface area contributed by atoms with Gasteiger partial charge in [0.1, 0.15) is 0 Å². The van der Waals surface area contributed by atoms with Crippen LogP contribution < -0.4 is 10.2 Å². The van der Waals surface area contributed by atoms with E-state index in [0.717, 1.165) is 19.0 Å². The molecule has 1 N–H and O–H groups in total. The molecule has 0 amide bonds. The molecule has 0 bridgehead atoms. The van der Waals surface area contributed by atoms with Crippen molar-refractivity contribution < 1.29 is 0 Å². The van der Waals surface area contributed by atoms with E-state index in [0.29, 0.717) is 6.04 Å². The number of thiazole rings is 1. The van der Waals surface area contributed by atoms with E-state index in [4.69, 9.17) is 4.98 Å². The maximum atomic E-state index is 5.05. The highest BCUT2D eigenvalue weighted by molar-refractivity contribution is 7.15. The van der Waals surface area contributed by atoms with Crippen LogP contribution in [0.4, 0.5) is 5.13 Å². The number of anilines is 1. The van der Waals surface area contributed by atoms with Crippen LogP contribution in [0.3, 0.4) is 0 Å². The summed E-state index contributed by atoms with van der Waals surface area (Å²) in [6, 6.07) is 0.665. The molecule has 118 valence electrons. The van der Waals surface area contributed by atoms with Gasteiger partial charge in [0.05, 0.1) is 5.69 Å². The summed E-state index contributed by atoms with van der Waals surface area (Å²) in [4.78, 5) is 9.10. The molecular formula is C17H29N3S. The van der Waals surface area contributed by atoms with Gasteiger partial charge in [-0.3, -0.25) is 0 Å². The average molecular weight is 308 g/mol. The van der Waals surface area contributed by atoms with Crippen LogP contribution in [-0.2, 0) is 6.54 Å². The summed E-state index contributed by atoms with van der Waals surface area (Å²) >= 11 is 1.95. The molecule has 1 aliphatic heterocycles. The van der Waals surface area contributed by atoms with Crippen molar-refractivity contribution in [1.29, 1.82) is 0 Å².